The van der Waals surface area contributed by atoms with Crippen molar-refractivity contribution in [3.05, 3.63) is 42.9 Å². The molecule has 6 nitrogen and oxygen atoms in total. The zero-order valence-corrected chi connectivity index (χ0v) is 10.4. The van der Waals surface area contributed by atoms with E-state index in [1.807, 2.05) is 31.5 Å². The van der Waals surface area contributed by atoms with Crippen LogP contribution in [0, 0.1) is 0 Å². The molecule has 3 aromatic rings. The molecule has 3 aromatic heterocycles. The lowest BCUT2D eigenvalue weighted by atomic mass is 10.3. The summed E-state index contributed by atoms with van der Waals surface area (Å²) in [5.74, 6) is 0.584. The molecule has 0 fully saturated rings. The molecule has 0 radical (unpaired) electrons. The van der Waals surface area contributed by atoms with Crippen molar-refractivity contribution < 1.29 is 4.74 Å². The summed E-state index contributed by atoms with van der Waals surface area (Å²) in [4.78, 5) is 16.1. The molecular formula is C13H13N5O. The summed E-state index contributed by atoms with van der Waals surface area (Å²) >= 11 is 0. The van der Waals surface area contributed by atoms with Gasteiger partial charge in [0.15, 0.2) is 0 Å². The van der Waals surface area contributed by atoms with Crippen molar-refractivity contribution in [2.45, 2.75) is 6.92 Å². The van der Waals surface area contributed by atoms with Gasteiger partial charge in [0.2, 0.25) is 5.95 Å². The van der Waals surface area contributed by atoms with Crippen LogP contribution in [0.5, 0.6) is 0 Å². The second-order valence-corrected chi connectivity index (χ2v) is 3.87. The molecule has 0 amide bonds. The van der Waals surface area contributed by atoms with Gasteiger partial charge in [0, 0.05) is 24.7 Å². The van der Waals surface area contributed by atoms with Crippen LogP contribution < -0.4 is 0 Å². The standard InChI is InChI=1S/C13H13N5O/c1-2-19-8-4-11-12-10(3-5-15-12)16-13(17-11)18-7-6-14-9-18/h3-9,15H,2H2,1H3. The van der Waals surface area contributed by atoms with E-state index in [-0.39, 0.29) is 0 Å². The summed E-state index contributed by atoms with van der Waals surface area (Å²) in [7, 11) is 0. The Morgan fingerprint density at radius 3 is 3.16 bits per heavy atom. The van der Waals surface area contributed by atoms with Crippen LogP contribution in [0.4, 0.5) is 0 Å². The van der Waals surface area contributed by atoms with Crippen LogP contribution in [0.25, 0.3) is 23.1 Å². The Morgan fingerprint density at radius 1 is 1.42 bits per heavy atom. The number of imidazole rings is 1. The van der Waals surface area contributed by atoms with Crippen LogP contribution in [0.3, 0.4) is 0 Å². The normalized spacial score (nSPS) is 11.4. The highest BCUT2D eigenvalue weighted by Gasteiger charge is 2.07. The zero-order chi connectivity index (χ0) is 13.1. The van der Waals surface area contributed by atoms with Crippen molar-refractivity contribution in [2.24, 2.45) is 0 Å². The molecule has 6 heteroatoms. The molecule has 0 unspecified atom stereocenters. The van der Waals surface area contributed by atoms with E-state index in [9.17, 15) is 0 Å². The molecule has 96 valence electrons. The van der Waals surface area contributed by atoms with Gasteiger partial charge in [-0.25, -0.2) is 15.0 Å². The number of aromatic amines is 1. The van der Waals surface area contributed by atoms with Crippen LogP contribution in [-0.4, -0.2) is 31.1 Å². The molecule has 19 heavy (non-hydrogen) atoms. The molecular weight excluding hydrogens is 242 g/mol. The molecule has 0 bridgehead atoms. The maximum atomic E-state index is 5.22. The molecule has 0 aliphatic carbocycles. The smallest absolute Gasteiger partial charge is 0.236 e. The Balaban J connectivity index is 2.10. The van der Waals surface area contributed by atoms with Gasteiger partial charge >= 0.3 is 0 Å². The van der Waals surface area contributed by atoms with Crippen molar-refractivity contribution in [3.8, 4) is 5.95 Å². The highest BCUT2D eigenvalue weighted by molar-refractivity contribution is 5.83. The van der Waals surface area contributed by atoms with Crippen LogP contribution in [-0.2, 0) is 4.74 Å². The van der Waals surface area contributed by atoms with E-state index in [1.54, 1.807) is 23.4 Å². The van der Waals surface area contributed by atoms with Gasteiger partial charge in [0.1, 0.15) is 6.33 Å². The lowest BCUT2D eigenvalue weighted by Gasteiger charge is -2.03. The fourth-order valence-electron chi connectivity index (χ4n) is 1.78. The minimum Gasteiger partial charge on any atom is -0.501 e. The summed E-state index contributed by atoms with van der Waals surface area (Å²) in [6.45, 7) is 2.56. The lowest BCUT2D eigenvalue weighted by Crippen LogP contribution is -2.00. The number of hydrogen-bond donors (Lipinski definition) is 1. The van der Waals surface area contributed by atoms with Crippen LogP contribution in [0.2, 0.25) is 0 Å². The van der Waals surface area contributed by atoms with E-state index in [0.29, 0.717) is 12.6 Å². The van der Waals surface area contributed by atoms with Crippen LogP contribution >= 0.6 is 0 Å². The van der Waals surface area contributed by atoms with Crippen LogP contribution in [0.1, 0.15) is 12.6 Å². The van der Waals surface area contributed by atoms with Crippen molar-refractivity contribution in [3.63, 3.8) is 0 Å². The van der Waals surface area contributed by atoms with Gasteiger partial charge in [-0.1, -0.05) is 0 Å². The van der Waals surface area contributed by atoms with Crippen LogP contribution in [0.15, 0.2) is 37.2 Å². The average molecular weight is 255 g/mol. The number of rotatable bonds is 4. The first-order chi connectivity index (χ1) is 9.38. The van der Waals surface area contributed by atoms with E-state index in [4.69, 9.17) is 4.74 Å². The van der Waals surface area contributed by atoms with E-state index < -0.39 is 0 Å². The Kier molecular flexibility index (Phi) is 2.97. The Morgan fingerprint density at radius 2 is 2.37 bits per heavy atom. The summed E-state index contributed by atoms with van der Waals surface area (Å²) in [6, 6.07) is 1.91. The highest BCUT2D eigenvalue weighted by atomic mass is 16.5. The maximum Gasteiger partial charge on any atom is 0.236 e. The SMILES string of the molecule is CCOC=Cc1nc(-n2ccnc2)nc2cc[nH]c12. The minimum absolute atomic E-state index is 0.584. The van der Waals surface area contributed by atoms with E-state index in [2.05, 4.69) is 19.9 Å². The molecule has 3 rings (SSSR count). The number of H-pyrrole nitrogens is 1. The number of ether oxygens (including phenoxy) is 1. The first kappa shape index (κ1) is 11.5. The second kappa shape index (κ2) is 4.93. The number of fused-ring (bicyclic) bond motifs is 1. The third kappa shape index (κ3) is 2.20. The number of nitrogens with one attached hydrogen (secondary N) is 1. The molecule has 0 spiro atoms. The van der Waals surface area contributed by atoms with Gasteiger partial charge in [0.05, 0.1) is 29.6 Å². The second-order valence-electron chi connectivity index (χ2n) is 3.87. The largest absolute Gasteiger partial charge is 0.501 e. The molecule has 0 aliphatic heterocycles. The van der Waals surface area contributed by atoms with Gasteiger partial charge in [-0.3, -0.25) is 4.57 Å². The molecule has 0 aromatic carbocycles. The quantitative estimate of drug-likeness (QED) is 0.725. The first-order valence-electron chi connectivity index (χ1n) is 6.00. The van der Waals surface area contributed by atoms with Gasteiger partial charge in [0.25, 0.3) is 0 Å². The first-order valence-corrected chi connectivity index (χ1v) is 6.00. The fourth-order valence-corrected chi connectivity index (χ4v) is 1.78. The van der Waals surface area contributed by atoms with E-state index >= 15 is 0 Å². The Bertz CT molecular complexity index is 699. The van der Waals surface area contributed by atoms with Gasteiger partial charge in [-0.05, 0) is 13.0 Å². The molecule has 0 atom stereocenters. The molecule has 3 heterocycles. The molecule has 0 aliphatic rings. The van der Waals surface area contributed by atoms with Crippen molar-refractivity contribution in [1.82, 2.24) is 24.5 Å². The summed E-state index contributed by atoms with van der Waals surface area (Å²) in [5, 5.41) is 0. The van der Waals surface area contributed by atoms with Gasteiger partial charge < -0.3 is 9.72 Å². The molecule has 0 saturated heterocycles. The van der Waals surface area contributed by atoms with Crippen molar-refractivity contribution in [2.75, 3.05) is 6.61 Å². The number of aromatic nitrogens is 5. The van der Waals surface area contributed by atoms with Crippen molar-refractivity contribution in [1.29, 1.82) is 0 Å². The highest BCUT2D eigenvalue weighted by Crippen LogP contribution is 2.16. The van der Waals surface area contributed by atoms with E-state index in [0.717, 1.165) is 16.7 Å². The molecule has 1 N–H and O–H groups in total. The van der Waals surface area contributed by atoms with E-state index in [1.165, 1.54) is 0 Å². The third-order valence-corrected chi connectivity index (χ3v) is 2.65. The van der Waals surface area contributed by atoms with Crippen molar-refractivity contribution >= 4 is 17.1 Å². The number of hydrogen-bond acceptors (Lipinski definition) is 4. The lowest BCUT2D eigenvalue weighted by molar-refractivity contribution is 0.272. The predicted molar refractivity (Wildman–Crippen MR) is 71.7 cm³/mol. The average Bonchev–Trinajstić information content (AvgIpc) is 3.09. The zero-order valence-electron chi connectivity index (χ0n) is 10.4. The predicted octanol–water partition coefficient (Wildman–Crippen LogP) is 2.15. The Labute approximate surface area is 109 Å². The summed E-state index contributed by atoms with van der Waals surface area (Å²) < 4.78 is 6.99. The monoisotopic (exact) mass is 255 g/mol. The Hall–Kier alpha value is -2.63. The van der Waals surface area contributed by atoms with Gasteiger partial charge in [-0.2, -0.15) is 0 Å². The topological polar surface area (TPSA) is 68.6 Å². The number of nitrogens with zero attached hydrogens (tertiary/aromatic N) is 4. The molecule has 0 saturated carbocycles. The fraction of sp³-hybridized carbons (Fsp3) is 0.154. The maximum absolute atomic E-state index is 5.22. The third-order valence-electron chi connectivity index (χ3n) is 2.65. The summed E-state index contributed by atoms with van der Waals surface area (Å²) in [6.07, 6.45) is 10.5. The minimum atomic E-state index is 0.584. The van der Waals surface area contributed by atoms with Gasteiger partial charge in [-0.15, -0.1) is 0 Å². The summed E-state index contributed by atoms with van der Waals surface area (Å²) in [5.41, 5.74) is 2.53.